The molecule has 13 rings (SSSR count). The Hall–Kier alpha value is -8.46. The lowest BCUT2D eigenvalue weighted by molar-refractivity contribution is 0.767. The number of benzene rings is 11. The lowest BCUT2D eigenvalue weighted by Gasteiger charge is -2.34. The highest BCUT2D eigenvalue weighted by Gasteiger charge is 2.46. The van der Waals surface area contributed by atoms with Crippen LogP contribution in [0.2, 0.25) is 0 Å². The molecular weight excluding hydrogens is 785 g/mol. The maximum atomic E-state index is 2.49. The molecule has 1 aromatic heterocycles. The summed E-state index contributed by atoms with van der Waals surface area (Å²) in [5.41, 5.74) is 16.4. The molecule has 0 bridgehead atoms. The molecule has 2 heteroatoms. The molecule has 1 aliphatic carbocycles. The summed E-state index contributed by atoms with van der Waals surface area (Å²) in [4.78, 5) is 2.44. The zero-order chi connectivity index (χ0) is 42.9. The van der Waals surface area contributed by atoms with Crippen LogP contribution in [0.3, 0.4) is 0 Å². The fourth-order valence-electron chi connectivity index (χ4n) is 11.0. The molecule has 0 N–H and O–H groups in total. The van der Waals surface area contributed by atoms with Gasteiger partial charge in [-0.15, -0.1) is 0 Å². The van der Waals surface area contributed by atoms with E-state index in [1.807, 2.05) is 0 Å². The van der Waals surface area contributed by atoms with Crippen molar-refractivity contribution in [1.82, 2.24) is 4.57 Å². The molecule has 0 saturated heterocycles. The number of nitrogens with zero attached hydrogens (tertiary/aromatic N) is 2. The van der Waals surface area contributed by atoms with E-state index in [-0.39, 0.29) is 0 Å². The molecule has 304 valence electrons. The van der Waals surface area contributed by atoms with Gasteiger partial charge in [0.25, 0.3) is 0 Å². The minimum atomic E-state index is -0.491. The summed E-state index contributed by atoms with van der Waals surface area (Å²) in [6.07, 6.45) is 0. The van der Waals surface area contributed by atoms with Gasteiger partial charge in [0.2, 0.25) is 0 Å². The highest BCUT2D eigenvalue weighted by molar-refractivity contribution is 6.11. The first-order valence-corrected chi connectivity index (χ1v) is 22.5. The molecule has 11 aromatic carbocycles. The second-order valence-electron chi connectivity index (χ2n) is 17.2. The number of aromatic nitrogens is 1. The van der Waals surface area contributed by atoms with Gasteiger partial charge in [0.15, 0.2) is 0 Å². The lowest BCUT2D eigenvalue weighted by atomic mass is 9.67. The molecule has 0 amide bonds. The van der Waals surface area contributed by atoms with E-state index < -0.39 is 5.41 Å². The van der Waals surface area contributed by atoms with Gasteiger partial charge >= 0.3 is 0 Å². The third-order valence-corrected chi connectivity index (χ3v) is 13.8. The number of fused-ring (bicyclic) bond motifs is 8. The molecule has 0 fully saturated rings. The van der Waals surface area contributed by atoms with E-state index in [1.54, 1.807) is 0 Å². The predicted octanol–water partition coefficient (Wildman–Crippen LogP) is 16.6. The Labute approximate surface area is 378 Å². The minimum absolute atomic E-state index is 0.491. The average Bonchev–Trinajstić information content (AvgIpc) is 3.87. The topological polar surface area (TPSA) is 8.17 Å². The molecule has 0 unspecified atom stereocenters. The van der Waals surface area contributed by atoms with Gasteiger partial charge in [0.05, 0.1) is 27.8 Å². The van der Waals surface area contributed by atoms with Gasteiger partial charge in [-0.25, -0.2) is 0 Å². The van der Waals surface area contributed by atoms with Crippen molar-refractivity contribution < 1.29 is 0 Å². The first-order chi connectivity index (χ1) is 32.3. The molecule has 0 saturated carbocycles. The van der Waals surface area contributed by atoms with Gasteiger partial charge in [0, 0.05) is 32.9 Å². The summed E-state index contributed by atoms with van der Waals surface area (Å²) >= 11 is 0. The van der Waals surface area contributed by atoms with Crippen LogP contribution in [0.25, 0.3) is 71.3 Å². The second-order valence-corrected chi connectivity index (χ2v) is 17.2. The highest BCUT2D eigenvalue weighted by atomic mass is 15.1. The Morgan fingerprint density at radius 1 is 0.323 bits per heavy atom. The normalized spacial score (nSPS) is 12.7. The smallest absolute Gasteiger partial charge is 0.0714 e. The van der Waals surface area contributed by atoms with E-state index in [4.69, 9.17) is 0 Å². The van der Waals surface area contributed by atoms with Crippen LogP contribution in [0.5, 0.6) is 0 Å². The molecule has 0 atom stereocenters. The highest BCUT2D eigenvalue weighted by Crippen LogP contribution is 2.56. The molecular formula is C63H42N2. The fourth-order valence-corrected chi connectivity index (χ4v) is 11.0. The van der Waals surface area contributed by atoms with Crippen LogP contribution in [-0.4, -0.2) is 4.57 Å². The van der Waals surface area contributed by atoms with Gasteiger partial charge in [-0.1, -0.05) is 206 Å². The monoisotopic (exact) mass is 826 g/mol. The first-order valence-electron chi connectivity index (χ1n) is 22.5. The van der Waals surface area contributed by atoms with Crippen LogP contribution in [0, 0.1) is 0 Å². The number of hydrogen-bond acceptors (Lipinski definition) is 1. The number of para-hydroxylation sites is 1. The van der Waals surface area contributed by atoms with Crippen molar-refractivity contribution in [2.75, 3.05) is 4.90 Å². The van der Waals surface area contributed by atoms with E-state index in [9.17, 15) is 0 Å². The molecule has 0 radical (unpaired) electrons. The summed E-state index contributed by atoms with van der Waals surface area (Å²) in [6.45, 7) is 0. The Kier molecular flexibility index (Phi) is 8.47. The SMILES string of the molecule is c1ccc(C2(c3ccccc3)c3ccccc3-c3ccc(-n4c5ccccc5c5ccc(-c6cccc(N(c7cccc8ccccc78)c7cccc8ccccc78)c6)cc54)cc32)cc1. The molecule has 0 aliphatic heterocycles. The van der Waals surface area contributed by atoms with Gasteiger partial charge in [-0.05, 0) is 104 Å². The minimum Gasteiger partial charge on any atom is -0.309 e. The van der Waals surface area contributed by atoms with Gasteiger partial charge in [-0.2, -0.15) is 0 Å². The third-order valence-electron chi connectivity index (χ3n) is 13.8. The Bertz CT molecular complexity index is 3660. The van der Waals surface area contributed by atoms with Crippen molar-refractivity contribution in [3.8, 4) is 27.9 Å². The number of rotatable bonds is 7. The van der Waals surface area contributed by atoms with E-state index in [0.717, 1.165) is 33.9 Å². The van der Waals surface area contributed by atoms with E-state index >= 15 is 0 Å². The summed E-state index contributed by atoms with van der Waals surface area (Å²) in [5, 5.41) is 7.31. The summed E-state index contributed by atoms with van der Waals surface area (Å²) in [6, 6.07) is 93.9. The van der Waals surface area contributed by atoms with Gasteiger partial charge in [-0.3, -0.25) is 0 Å². The molecule has 12 aromatic rings. The van der Waals surface area contributed by atoms with Crippen molar-refractivity contribution in [2.45, 2.75) is 5.41 Å². The third kappa shape index (κ3) is 5.67. The van der Waals surface area contributed by atoms with Crippen LogP contribution in [-0.2, 0) is 5.41 Å². The number of hydrogen-bond donors (Lipinski definition) is 0. The summed E-state index contributed by atoms with van der Waals surface area (Å²) in [7, 11) is 0. The Morgan fingerprint density at radius 3 is 1.57 bits per heavy atom. The van der Waals surface area contributed by atoms with Crippen molar-refractivity contribution in [2.24, 2.45) is 0 Å². The average molecular weight is 827 g/mol. The second kappa shape index (κ2) is 14.8. The maximum Gasteiger partial charge on any atom is 0.0714 e. The fraction of sp³-hybridized carbons (Fsp3) is 0.0159. The van der Waals surface area contributed by atoms with E-state index in [2.05, 4.69) is 264 Å². The van der Waals surface area contributed by atoms with Crippen LogP contribution >= 0.6 is 0 Å². The zero-order valence-electron chi connectivity index (χ0n) is 35.6. The van der Waals surface area contributed by atoms with Crippen molar-refractivity contribution >= 4 is 60.4 Å². The first kappa shape index (κ1) is 37.1. The molecule has 0 spiro atoms. The van der Waals surface area contributed by atoms with Crippen molar-refractivity contribution in [1.29, 1.82) is 0 Å². The standard InChI is InChI=1S/C63H42N2/c1-3-23-47(24-4-1)63(48-25-5-2-6-26-48)57-32-13-11-30-53(57)54-39-37-50(42-58(54)63)65-61-33-14-12-31-55(61)56-38-36-46(41-62(56)65)45-22-15-27-49(40-45)64(59-34-16-20-43-18-7-9-28-51(43)59)60-35-17-21-44-19-8-10-29-52(44)60/h1-42H. The molecule has 1 heterocycles. The zero-order valence-corrected chi connectivity index (χ0v) is 35.6. The van der Waals surface area contributed by atoms with Crippen LogP contribution in [0.15, 0.2) is 255 Å². The molecule has 65 heavy (non-hydrogen) atoms. The van der Waals surface area contributed by atoms with Crippen LogP contribution in [0.1, 0.15) is 22.3 Å². The van der Waals surface area contributed by atoms with Crippen LogP contribution in [0.4, 0.5) is 17.1 Å². The summed E-state index contributed by atoms with van der Waals surface area (Å²) in [5.74, 6) is 0. The van der Waals surface area contributed by atoms with Gasteiger partial charge < -0.3 is 9.47 Å². The molecule has 2 nitrogen and oxygen atoms in total. The largest absolute Gasteiger partial charge is 0.309 e. The quantitative estimate of drug-likeness (QED) is 0.155. The van der Waals surface area contributed by atoms with E-state index in [0.29, 0.717) is 0 Å². The Morgan fingerprint density at radius 2 is 0.862 bits per heavy atom. The van der Waals surface area contributed by atoms with Crippen molar-refractivity contribution in [3.05, 3.63) is 277 Å². The number of anilines is 3. The van der Waals surface area contributed by atoms with E-state index in [1.165, 1.54) is 76.7 Å². The predicted molar refractivity (Wildman–Crippen MR) is 273 cm³/mol. The van der Waals surface area contributed by atoms with Gasteiger partial charge in [0.1, 0.15) is 0 Å². The van der Waals surface area contributed by atoms with Crippen LogP contribution < -0.4 is 4.90 Å². The van der Waals surface area contributed by atoms with Crippen molar-refractivity contribution in [3.63, 3.8) is 0 Å². The summed E-state index contributed by atoms with van der Waals surface area (Å²) < 4.78 is 2.49. The lowest BCUT2D eigenvalue weighted by Crippen LogP contribution is -2.28. The Balaban J connectivity index is 1.02. The maximum absolute atomic E-state index is 2.49. The molecule has 1 aliphatic rings.